The lowest BCUT2D eigenvalue weighted by molar-refractivity contribution is -0.139. The van der Waals surface area contributed by atoms with Gasteiger partial charge in [0.15, 0.2) is 0 Å². The molecule has 14 heteroatoms. The normalized spacial score (nSPS) is 12.9. The first-order valence-electron chi connectivity index (χ1n) is 13.2. The molecule has 14 nitrogen and oxygen atoms in total. The molecule has 0 saturated carbocycles. The molecule has 0 radical (unpaired) electrons. The maximum absolute atomic E-state index is 13.3. The van der Waals surface area contributed by atoms with Crippen molar-refractivity contribution in [2.45, 2.75) is 57.7 Å². The van der Waals surface area contributed by atoms with Crippen molar-refractivity contribution in [1.29, 1.82) is 0 Å². The maximum Gasteiger partial charge on any atom is 0.303 e. The summed E-state index contributed by atoms with van der Waals surface area (Å²) in [6.45, 7) is 2.75. The summed E-state index contributed by atoms with van der Waals surface area (Å²) in [5.41, 5.74) is 11.2. The lowest BCUT2D eigenvalue weighted by Gasteiger charge is -2.23. The number of carbonyl (C=O) groups excluding carboxylic acids is 6. The Morgan fingerprint density at radius 2 is 1.45 bits per heavy atom. The summed E-state index contributed by atoms with van der Waals surface area (Å²) < 4.78 is 0. The van der Waals surface area contributed by atoms with E-state index in [1.54, 1.807) is 19.9 Å². The van der Waals surface area contributed by atoms with Crippen molar-refractivity contribution in [2.75, 3.05) is 6.54 Å². The molecule has 0 aromatic heterocycles. The first-order valence-corrected chi connectivity index (χ1v) is 13.2. The number of primary amides is 2. The van der Waals surface area contributed by atoms with E-state index in [0.717, 1.165) is 10.8 Å². The van der Waals surface area contributed by atoms with Crippen LogP contribution in [0.4, 0.5) is 0 Å². The van der Waals surface area contributed by atoms with Gasteiger partial charge in [-0.15, -0.1) is 0 Å². The number of carboxylic acid groups (broad SMARTS) is 1. The summed E-state index contributed by atoms with van der Waals surface area (Å²) in [5, 5.41) is 20.3. The molecule has 2 aromatic carbocycles. The average molecular weight is 585 g/mol. The van der Waals surface area contributed by atoms with Gasteiger partial charge in [0.25, 0.3) is 0 Å². The molecule has 0 bridgehead atoms. The van der Waals surface area contributed by atoms with Crippen LogP contribution in [0, 0.1) is 5.92 Å². The van der Waals surface area contributed by atoms with E-state index in [2.05, 4.69) is 21.3 Å². The van der Waals surface area contributed by atoms with Crippen molar-refractivity contribution in [3.05, 3.63) is 48.0 Å². The Bertz CT molecular complexity index is 1340. The van der Waals surface area contributed by atoms with Crippen LogP contribution in [0.1, 0.15) is 38.7 Å². The van der Waals surface area contributed by atoms with E-state index in [9.17, 15) is 33.6 Å². The summed E-state index contributed by atoms with van der Waals surface area (Å²) >= 11 is 0. The molecule has 2 rings (SSSR count). The number of carboxylic acids is 1. The lowest BCUT2D eigenvalue weighted by Crippen LogP contribution is -2.56. The minimum Gasteiger partial charge on any atom is -0.481 e. The topological polar surface area (TPSA) is 240 Å². The fraction of sp³-hybridized carbons (Fsp3) is 0.393. The van der Waals surface area contributed by atoms with Gasteiger partial charge in [-0.25, -0.2) is 0 Å². The number of rotatable bonds is 16. The van der Waals surface area contributed by atoms with Crippen molar-refractivity contribution >= 4 is 52.2 Å². The number of fused-ring (bicyclic) bond motifs is 1. The summed E-state index contributed by atoms with van der Waals surface area (Å²) in [4.78, 5) is 85.0. The third kappa shape index (κ3) is 10.9. The van der Waals surface area contributed by atoms with Gasteiger partial charge in [-0.05, 0) is 22.3 Å². The summed E-state index contributed by atoms with van der Waals surface area (Å²) in [5.74, 6) is -6.39. The second kappa shape index (κ2) is 15.7. The fourth-order valence-corrected chi connectivity index (χ4v) is 4.06. The Kier molecular flexibility index (Phi) is 12.4. The Hall–Kier alpha value is -5.01. The van der Waals surface area contributed by atoms with Gasteiger partial charge in [0.1, 0.15) is 18.1 Å². The highest BCUT2D eigenvalue weighted by atomic mass is 16.4. The number of amides is 6. The van der Waals surface area contributed by atoms with Crippen molar-refractivity contribution in [3.63, 3.8) is 0 Å². The highest BCUT2D eigenvalue weighted by Gasteiger charge is 2.29. The van der Waals surface area contributed by atoms with Crippen LogP contribution in [-0.2, 0) is 40.0 Å². The van der Waals surface area contributed by atoms with Crippen molar-refractivity contribution < 1.29 is 38.7 Å². The Morgan fingerprint density at radius 3 is 2.05 bits per heavy atom. The minimum atomic E-state index is -1.50. The molecule has 2 aromatic rings. The Labute approximate surface area is 241 Å². The molecule has 0 aliphatic heterocycles. The zero-order valence-electron chi connectivity index (χ0n) is 23.3. The van der Waals surface area contributed by atoms with E-state index in [1.165, 1.54) is 0 Å². The summed E-state index contributed by atoms with van der Waals surface area (Å²) in [6, 6.07) is 9.17. The van der Waals surface area contributed by atoms with E-state index < -0.39 is 78.9 Å². The first-order chi connectivity index (χ1) is 19.8. The van der Waals surface area contributed by atoms with E-state index >= 15 is 0 Å². The smallest absolute Gasteiger partial charge is 0.303 e. The van der Waals surface area contributed by atoms with Crippen molar-refractivity contribution in [2.24, 2.45) is 17.4 Å². The van der Waals surface area contributed by atoms with Gasteiger partial charge in [-0.3, -0.25) is 33.6 Å². The molecule has 9 N–H and O–H groups in total. The molecule has 0 heterocycles. The van der Waals surface area contributed by atoms with E-state index in [4.69, 9.17) is 16.6 Å². The lowest BCUT2D eigenvalue weighted by atomic mass is 10.0. The van der Waals surface area contributed by atoms with Crippen molar-refractivity contribution in [1.82, 2.24) is 21.3 Å². The molecule has 0 unspecified atom stereocenters. The maximum atomic E-state index is 13.3. The van der Waals surface area contributed by atoms with E-state index in [1.807, 2.05) is 36.4 Å². The van der Waals surface area contributed by atoms with Crippen LogP contribution in [0.3, 0.4) is 0 Å². The van der Waals surface area contributed by atoms with Crippen LogP contribution in [0.5, 0.6) is 0 Å². The van der Waals surface area contributed by atoms with Crippen LogP contribution in [0.15, 0.2) is 42.5 Å². The predicted molar refractivity (Wildman–Crippen MR) is 151 cm³/mol. The zero-order valence-corrected chi connectivity index (χ0v) is 23.3. The molecular weight excluding hydrogens is 548 g/mol. The molecule has 0 aliphatic carbocycles. The van der Waals surface area contributed by atoms with Crippen LogP contribution < -0.4 is 32.7 Å². The van der Waals surface area contributed by atoms with Crippen LogP contribution >= 0.6 is 0 Å². The third-order valence-electron chi connectivity index (χ3n) is 6.22. The fourth-order valence-electron chi connectivity index (χ4n) is 4.06. The van der Waals surface area contributed by atoms with E-state index in [0.29, 0.717) is 5.56 Å². The molecule has 3 atom stereocenters. The predicted octanol–water partition coefficient (Wildman–Crippen LogP) is -1.17. The Morgan fingerprint density at radius 1 is 0.786 bits per heavy atom. The zero-order chi connectivity index (χ0) is 31.4. The quantitative estimate of drug-likeness (QED) is 0.127. The highest BCUT2D eigenvalue weighted by Crippen LogP contribution is 2.17. The van der Waals surface area contributed by atoms with Gasteiger partial charge in [0.05, 0.1) is 19.4 Å². The molecule has 0 aliphatic rings. The van der Waals surface area contributed by atoms with Gasteiger partial charge in [-0.2, -0.15) is 0 Å². The SMILES string of the molecule is CC(C)[C@H](NC(=O)CNC(=O)[C@H](CC(N)=O)NC(=O)[C@H](Cc1ccc2ccccc2c1)NC(=O)CCC(=O)O)C(N)=O. The van der Waals surface area contributed by atoms with Gasteiger partial charge >= 0.3 is 5.97 Å². The van der Waals surface area contributed by atoms with E-state index in [-0.39, 0.29) is 18.8 Å². The third-order valence-corrected chi connectivity index (χ3v) is 6.22. The number of nitrogens with one attached hydrogen (secondary N) is 4. The number of benzene rings is 2. The molecule has 42 heavy (non-hydrogen) atoms. The number of aliphatic carboxylic acids is 1. The molecule has 0 saturated heterocycles. The second-order valence-corrected chi connectivity index (χ2v) is 10.0. The molecule has 6 amide bonds. The van der Waals surface area contributed by atoms with Gasteiger partial charge in [0, 0.05) is 12.8 Å². The molecule has 0 fully saturated rings. The number of carbonyl (C=O) groups is 7. The first kappa shape index (κ1) is 33.2. The number of hydrogen-bond acceptors (Lipinski definition) is 7. The van der Waals surface area contributed by atoms with Gasteiger partial charge in [0.2, 0.25) is 35.4 Å². The van der Waals surface area contributed by atoms with Gasteiger partial charge < -0.3 is 37.8 Å². The molecule has 0 spiro atoms. The Balaban J connectivity index is 2.19. The minimum absolute atomic E-state index is 0.0213. The second-order valence-electron chi connectivity index (χ2n) is 10.0. The summed E-state index contributed by atoms with van der Waals surface area (Å²) in [6.07, 6.45) is -1.49. The molecule has 226 valence electrons. The summed E-state index contributed by atoms with van der Waals surface area (Å²) in [7, 11) is 0. The monoisotopic (exact) mass is 584 g/mol. The average Bonchev–Trinajstić information content (AvgIpc) is 2.92. The van der Waals surface area contributed by atoms with Crippen molar-refractivity contribution in [3.8, 4) is 0 Å². The van der Waals surface area contributed by atoms with Gasteiger partial charge in [-0.1, -0.05) is 56.3 Å². The van der Waals surface area contributed by atoms with Crippen LogP contribution in [0.2, 0.25) is 0 Å². The number of hydrogen-bond donors (Lipinski definition) is 7. The number of nitrogens with two attached hydrogens (primary N) is 2. The van der Waals surface area contributed by atoms with Crippen LogP contribution in [-0.4, -0.2) is 71.2 Å². The molecular formula is C28H36N6O8. The highest BCUT2D eigenvalue weighted by molar-refractivity contribution is 5.96. The van der Waals surface area contributed by atoms with Crippen LogP contribution in [0.25, 0.3) is 10.8 Å². The standard InChI is InChI=1S/C28H36N6O8/c1-15(2)25(26(30)40)34-23(37)14-31-27(41)20(13-21(29)35)33-28(42)19(32-22(36)9-10-24(38)39)12-16-7-8-17-5-3-4-6-18(17)11-16/h3-8,11,15,19-20,25H,9-10,12-14H2,1-2H3,(H2,29,35)(H2,30,40)(H,31,41)(H,32,36)(H,33,42)(H,34,37)(H,38,39)/t19-,20-,25-/m0/s1. The largest absolute Gasteiger partial charge is 0.481 e.